The molecule has 0 radical (unpaired) electrons. The Morgan fingerprint density at radius 2 is 1.62 bits per heavy atom. The number of hydrogen-bond acceptors (Lipinski definition) is 3. The van der Waals surface area contributed by atoms with Crippen molar-refractivity contribution in [3.8, 4) is 0 Å². The van der Waals surface area contributed by atoms with Crippen molar-refractivity contribution in [1.29, 1.82) is 0 Å². The lowest BCUT2D eigenvalue weighted by Gasteiger charge is -2.38. The molecule has 1 aliphatic heterocycles. The van der Waals surface area contributed by atoms with Crippen LogP contribution in [0.4, 0.5) is 0 Å². The topological polar surface area (TPSA) is 86.7 Å². The average Bonchev–Trinajstić information content (AvgIpc) is 2.53. The number of hydrogen-bond donors (Lipinski definition) is 2. The number of carbonyl (C=O) groups is 3. The van der Waals surface area contributed by atoms with Gasteiger partial charge in [0.1, 0.15) is 6.04 Å². The van der Waals surface area contributed by atoms with Crippen molar-refractivity contribution >= 4 is 17.8 Å². The third kappa shape index (κ3) is 3.54. The normalized spacial score (nSPS) is 29.8. The predicted octanol–water partition coefficient (Wildman–Crippen LogP) is 1.00. The van der Waals surface area contributed by atoms with E-state index in [4.69, 9.17) is 5.11 Å². The number of nitrogens with one attached hydrogen (secondary N) is 1. The molecule has 2 N–H and O–H groups in total. The molecule has 1 saturated heterocycles. The van der Waals surface area contributed by atoms with Crippen LogP contribution < -0.4 is 5.32 Å². The van der Waals surface area contributed by atoms with Crippen molar-refractivity contribution in [3.63, 3.8) is 0 Å². The van der Waals surface area contributed by atoms with Gasteiger partial charge in [0.15, 0.2) is 0 Å². The predicted molar refractivity (Wildman–Crippen MR) is 76.5 cm³/mol. The Balaban J connectivity index is 1.98. The zero-order valence-corrected chi connectivity index (χ0v) is 12.5. The molecule has 1 unspecified atom stereocenters. The summed E-state index contributed by atoms with van der Waals surface area (Å²) in [5.41, 5.74) is 0. The van der Waals surface area contributed by atoms with E-state index in [0.29, 0.717) is 32.2 Å². The Kier molecular flexibility index (Phi) is 5.20. The van der Waals surface area contributed by atoms with Crippen LogP contribution in [0, 0.1) is 11.8 Å². The number of nitrogens with zero attached hydrogens (tertiary/aromatic N) is 1. The zero-order valence-electron chi connectivity index (χ0n) is 12.5. The molecule has 0 aromatic rings. The third-order valence-electron chi connectivity index (χ3n) is 4.76. The van der Waals surface area contributed by atoms with Gasteiger partial charge in [-0.05, 0) is 44.9 Å². The van der Waals surface area contributed by atoms with E-state index in [1.807, 2.05) is 0 Å². The Morgan fingerprint density at radius 3 is 2.19 bits per heavy atom. The number of carbonyl (C=O) groups excluding carboxylic acids is 2. The van der Waals surface area contributed by atoms with Crippen LogP contribution >= 0.6 is 0 Å². The summed E-state index contributed by atoms with van der Waals surface area (Å²) < 4.78 is 0. The van der Waals surface area contributed by atoms with Gasteiger partial charge in [-0.1, -0.05) is 0 Å². The second-order valence-corrected chi connectivity index (χ2v) is 6.04. The highest BCUT2D eigenvalue weighted by molar-refractivity contribution is 5.88. The van der Waals surface area contributed by atoms with E-state index < -0.39 is 5.97 Å². The fourth-order valence-corrected chi connectivity index (χ4v) is 3.46. The Hall–Kier alpha value is -1.59. The molecule has 0 aromatic heterocycles. The quantitative estimate of drug-likeness (QED) is 0.813. The molecule has 2 amide bonds. The molecular formula is C15H24N2O4. The highest BCUT2D eigenvalue weighted by Crippen LogP contribution is 2.31. The van der Waals surface area contributed by atoms with Gasteiger partial charge in [0.05, 0.1) is 5.92 Å². The molecule has 0 spiro atoms. The van der Waals surface area contributed by atoms with Crippen molar-refractivity contribution in [3.05, 3.63) is 0 Å². The minimum absolute atomic E-state index is 0.0344. The lowest BCUT2D eigenvalue weighted by molar-refractivity contribution is -0.149. The Bertz CT molecular complexity index is 416. The molecule has 2 aliphatic rings. The third-order valence-corrected chi connectivity index (χ3v) is 4.76. The number of carboxylic acids is 1. The van der Waals surface area contributed by atoms with Crippen molar-refractivity contribution in [2.24, 2.45) is 11.8 Å². The summed E-state index contributed by atoms with van der Waals surface area (Å²) in [7, 11) is 1.59. The summed E-state index contributed by atoms with van der Waals surface area (Å²) in [5, 5.41) is 11.6. The van der Waals surface area contributed by atoms with Gasteiger partial charge >= 0.3 is 5.97 Å². The second-order valence-electron chi connectivity index (χ2n) is 6.04. The maximum atomic E-state index is 12.7. The molecule has 0 aromatic carbocycles. The maximum absolute atomic E-state index is 12.7. The fourth-order valence-electron chi connectivity index (χ4n) is 3.46. The highest BCUT2D eigenvalue weighted by Gasteiger charge is 2.37. The summed E-state index contributed by atoms with van der Waals surface area (Å²) in [4.78, 5) is 37.3. The number of amides is 2. The van der Waals surface area contributed by atoms with Crippen LogP contribution in [0.25, 0.3) is 0 Å². The van der Waals surface area contributed by atoms with Gasteiger partial charge in [-0.25, -0.2) is 0 Å². The number of piperidine rings is 1. The molecule has 6 nitrogen and oxygen atoms in total. The van der Waals surface area contributed by atoms with E-state index in [1.54, 1.807) is 11.9 Å². The summed E-state index contributed by atoms with van der Waals surface area (Å²) in [6.07, 6.45) is 4.97. The number of aliphatic carboxylic acids is 1. The smallest absolute Gasteiger partial charge is 0.306 e. The van der Waals surface area contributed by atoms with E-state index in [2.05, 4.69) is 5.32 Å². The largest absolute Gasteiger partial charge is 0.481 e. The number of carboxylic acid groups (broad SMARTS) is 1. The summed E-state index contributed by atoms with van der Waals surface area (Å²) in [6.45, 7) is 0.635. The molecule has 0 bridgehead atoms. The van der Waals surface area contributed by atoms with Crippen molar-refractivity contribution < 1.29 is 19.5 Å². The Labute approximate surface area is 124 Å². The standard InChI is InChI=1S/C15H24N2O4/c1-16-13(18)12-4-2-3-9-17(12)14(19)10-5-7-11(8-6-10)15(20)21/h10-12H,2-9H2,1H3,(H,16,18)(H,20,21). The van der Waals surface area contributed by atoms with Crippen molar-refractivity contribution in [2.45, 2.75) is 51.0 Å². The molecule has 21 heavy (non-hydrogen) atoms. The summed E-state index contributed by atoms with van der Waals surface area (Å²) in [6, 6.07) is -0.353. The lowest BCUT2D eigenvalue weighted by Crippen LogP contribution is -2.53. The molecule has 1 heterocycles. The minimum atomic E-state index is -0.762. The van der Waals surface area contributed by atoms with Crippen LogP contribution in [0.1, 0.15) is 44.9 Å². The number of likely N-dealkylation sites (N-methyl/N-ethyl adjacent to an activating group) is 1. The van der Waals surface area contributed by atoms with Gasteiger partial charge in [0, 0.05) is 19.5 Å². The average molecular weight is 296 g/mol. The van der Waals surface area contributed by atoms with Crippen molar-refractivity contribution in [1.82, 2.24) is 10.2 Å². The van der Waals surface area contributed by atoms with Crippen LogP contribution in [0.3, 0.4) is 0 Å². The van der Waals surface area contributed by atoms with Gasteiger partial charge in [-0.15, -0.1) is 0 Å². The number of rotatable bonds is 3. The first-order valence-electron chi connectivity index (χ1n) is 7.79. The monoisotopic (exact) mass is 296 g/mol. The van der Waals surface area contributed by atoms with Crippen LogP contribution in [-0.2, 0) is 14.4 Å². The summed E-state index contributed by atoms with van der Waals surface area (Å²) >= 11 is 0. The first-order valence-corrected chi connectivity index (χ1v) is 7.79. The Morgan fingerprint density at radius 1 is 1.00 bits per heavy atom. The molecule has 118 valence electrons. The van der Waals surface area contributed by atoms with Crippen LogP contribution in [0.5, 0.6) is 0 Å². The SMILES string of the molecule is CNC(=O)C1CCCCN1C(=O)C1CCC(C(=O)O)CC1. The van der Waals surface area contributed by atoms with E-state index >= 15 is 0 Å². The van der Waals surface area contributed by atoms with Gasteiger partial charge in [0.2, 0.25) is 11.8 Å². The van der Waals surface area contributed by atoms with Gasteiger partial charge < -0.3 is 15.3 Å². The van der Waals surface area contributed by atoms with Crippen LogP contribution in [0.2, 0.25) is 0 Å². The van der Waals surface area contributed by atoms with E-state index in [0.717, 1.165) is 19.3 Å². The molecule has 6 heteroatoms. The van der Waals surface area contributed by atoms with Crippen molar-refractivity contribution in [2.75, 3.05) is 13.6 Å². The minimum Gasteiger partial charge on any atom is -0.481 e. The molecule has 2 rings (SSSR count). The van der Waals surface area contributed by atoms with Gasteiger partial charge in [-0.2, -0.15) is 0 Å². The van der Waals surface area contributed by atoms with E-state index in [-0.39, 0.29) is 29.7 Å². The molecule has 1 saturated carbocycles. The highest BCUT2D eigenvalue weighted by atomic mass is 16.4. The first kappa shape index (κ1) is 15.8. The van der Waals surface area contributed by atoms with Crippen LogP contribution in [0.15, 0.2) is 0 Å². The number of likely N-dealkylation sites (tertiary alicyclic amines) is 1. The molecular weight excluding hydrogens is 272 g/mol. The molecule has 1 aliphatic carbocycles. The lowest BCUT2D eigenvalue weighted by atomic mass is 9.81. The van der Waals surface area contributed by atoms with Gasteiger partial charge in [0.25, 0.3) is 0 Å². The molecule has 1 atom stereocenters. The van der Waals surface area contributed by atoms with Crippen LogP contribution in [-0.4, -0.2) is 47.4 Å². The fraction of sp³-hybridized carbons (Fsp3) is 0.800. The zero-order chi connectivity index (χ0) is 15.4. The van der Waals surface area contributed by atoms with E-state index in [1.165, 1.54) is 0 Å². The molecule has 2 fully saturated rings. The second kappa shape index (κ2) is 6.91. The first-order chi connectivity index (χ1) is 10.0. The maximum Gasteiger partial charge on any atom is 0.306 e. The van der Waals surface area contributed by atoms with Gasteiger partial charge in [-0.3, -0.25) is 14.4 Å². The summed E-state index contributed by atoms with van der Waals surface area (Å²) in [5.74, 6) is -1.26. The van der Waals surface area contributed by atoms with E-state index in [9.17, 15) is 14.4 Å².